The zero-order chi connectivity index (χ0) is 29.1. The number of carbonyl (C=O) groups excluding carboxylic acids is 3. The number of ether oxygens (including phenoxy) is 3. The number of nitrogens with zero attached hydrogens (tertiary/aromatic N) is 2. The molecule has 0 N–H and O–H groups in total. The van der Waals surface area contributed by atoms with Crippen LogP contribution < -0.4 is 9.47 Å². The van der Waals surface area contributed by atoms with Gasteiger partial charge in [-0.1, -0.05) is 12.1 Å². The van der Waals surface area contributed by atoms with Gasteiger partial charge in [-0.3, -0.25) is 19.3 Å². The summed E-state index contributed by atoms with van der Waals surface area (Å²) in [5.41, 5.74) is 0.483. The average Bonchev–Trinajstić information content (AvgIpc) is 3.49. The highest BCUT2D eigenvalue weighted by Gasteiger charge is 2.75. The fourth-order valence-corrected chi connectivity index (χ4v) is 9.23. The minimum absolute atomic E-state index is 0.0820. The maximum absolute atomic E-state index is 13.5. The lowest BCUT2D eigenvalue weighted by Gasteiger charge is -2.65. The Morgan fingerprint density at radius 3 is 2.76 bits per heavy atom. The molecule has 2 aromatic rings. The molecule has 2 unspecified atom stereocenters. The monoisotopic (exact) mass is 640 g/mol. The van der Waals surface area contributed by atoms with E-state index in [1.807, 2.05) is 36.7 Å². The first-order valence-electron chi connectivity index (χ1n) is 13.9. The number of benzene rings is 1. The smallest absolute Gasteiger partial charge is 0.308 e. The Kier molecular flexibility index (Phi) is 7.15. The highest BCUT2D eigenvalue weighted by Crippen LogP contribution is 2.67. The predicted molar refractivity (Wildman–Crippen MR) is 159 cm³/mol. The van der Waals surface area contributed by atoms with Crippen molar-refractivity contribution in [3.8, 4) is 11.5 Å². The summed E-state index contributed by atoms with van der Waals surface area (Å²) in [7, 11) is 1.81. The minimum atomic E-state index is -0.864. The molecule has 2 fully saturated rings. The average molecular weight is 642 g/mol. The normalized spacial score (nSPS) is 29.4. The zero-order valence-corrected chi connectivity index (χ0v) is 25.8. The molecule has 1 aromatic carbocycles. The van der Waals surface area contributed by atoms with Crippen molar-refractivity contribution in [1.29, 1.82) is 0 Å². The molecule has 1 spiro atoms. The van der Waals surface area contributed by atoms with E-state index in [0.29, 0.717) is 43.7 Å². The minimum Gasteiger partial charge on any atom is -0.483 e. The lowest BCUT2D eigenvalue weighted by molar-refractivity contribution is -0.222. The van der Waals surface area contributed by atoms with Crippen LogP contribution in [0.3, 0.4) is 0 Å². The number of amides is 1. The van der Waals surface area contributed by atoms with Crippen LogP contribution in [0.15, 0.2) is 46.8 Å². The molecule has 41 heavy (non-hydrogen) atoms. The van der Waals surface area contributed by atoms with Gasteiger partial charge in [-0.2, -0.15) is 0 Å². The van der Waals surface area contributed by atoms with E-state index in [4.69, 9.17) is 14.2 Å². The Morgan fingerprint density at radius 2 is 2.07 bits per heavy atom. The van der Waals surface area contributed by atoms with E-state index in [1.165, 1.54) is 13.8 Å². The van der Waals surface area contributed by atoms with E-state index in [2.05, 4.69) is 27.4 Å². The van der Waals surface area contributed by atoms with Gasteiger partial charge in [0.25, 0.3) is 0 Å². The van der Waals surface area contributed by atoms with Crippen molar-refractivity contribution in [2.75, 3.05) is 20.1 Å². The predicted octanol–water partition coefficient (Wildman–Crippen LogP) is 4.89. The van der Waals surface area contributed by atoms with E-state index in [1.54, 1.807) is 28.4 Å². The van der Waals surface area contributed by atoms with Gasteiger partial charge in [-0.15, -0.1) is 17.9 Å². The molecule has 1 amide bonds. The fourth-order valence-electron chi connectivity index (χ4n) is 7.90. The summed E-state index contributed by atoms with van der Waals surface area (Å²) < 4.78 is 19.9. The van der Waals surface area contributed by atoms with Crippen LogP contribution in [0, 0.1) is 0 Å². The Morgan fingerprint density at radius 1 is 1.27 bits per heavy atom. The lowest BCUT2D eigenvalue weighted by Crippen LogP contribution is -2.79. The molecule has 2 aliphatic heterocycles. The van der Waals surface area contributed by atoms with Crippen LogP contribution in [-0.4, -0.2) is 71.6 Å². The first-order valence-corrected chi connectivity index (χ1v) is 15.5. The Balaban J connectivity index is 1.47. The number of carbonyl (C=O) groups is 3. The summed E-state index contributed by atoms with van der Waals surface area (Å²) in [6.45, 7) is 8.24. The maximum Gasteiger partial charge on any atom is 0.308 e. The molecule has 216 valence electrons. The van der Waals surface area contributed by atoms with Gasteiger partial charge in [0.15, 0.2) is 11.5 Å². The van der Waals surface area contributed by atoms with Crippen molar-refractivity contribution in [1.82, 2.24) is 9.80 Å². The largest absolute Gasteiger partial charge is 0.483 e. The highest BCUT2D eigenvalue weighted by molar-refractivity contribution is 9.10. The third-order valence-electron chi connectivity index (χ3n) is 9.25. The summed E-state index contributed by atoms with van der Waals surface area (Å²) in [6, 6.07) is 5.40. The van der Waals surface area contributed by atoms with Crippen molar-refractivity contribution in [3.63, 3.8) is 0 Å². The lowest BCUT2D eigenvalue weighted by atomic mass is 9.48. The van der Waals surface area contributed by atoms with Crippen LogP contribution in [-0.2, 0) is 31.0 Å². The van der Waals surface area contributed by atoms with Gasteiger partial charge in [0.1, 0.15) is 11.7 Å². The van der Waals surface area contributed by atoms with Gasteiger partial charge < -0.3 is 19.1 Å². The summed E-state index contributed by atoms with van der Waals surface area (Å²) >= 11 is 5.01. The molecular formula is C31H33BrN2O6S. The number of esters is 2. The number of rotatable bonds is 7. The van der Waals surface area contributed by atoms with Gasteiger partial charge in [-0.05, 0) is 65.4 Å². The molecule has 1 saturated heterocycles. The van der Waals surface area contributed by atoms with Gasteiger partial charge in [-0.25, -0.2) is 0 Å². The Bertz CT molecular complexity index is 1470. The first kappa shape index (κ1) is 28.2. The second-order valence-corrected chi connectivity index (χ2v) is 13.2. The van der Waals surface area contributed by atoms with Crippen LogP contribution in [0.2, 0.25) is 0 Å². The molecule has 2 bridgehead atoms. The van der Waals surface area contributed by atoms with Crippen molar-refractivity contribution < 1.29 is 28.6 Å². The number of likely N-dealkylation sites (N-methyl/N-ethyl adjacent to an activating group) is 1. The highest BCUT2D eigenvalue weighted by atomic mass is 79.9. The van der Waals surface area contributed by atoms with Crippen LogP contribution in [0.4, 0.5) is 0 Å². The summed E-state index contributed by atoms with van der Waals surface area (Å²) in [6.07, 6.45) is 7.31. The van der Waals surface area contributed by atoms with Gasteiger partial charge >= 0.3 is 11.9 Å². The van der Waals surface area contributed by atoms with Crippen molar-refractivity contribution in [2.24, 2.45) is 0 Å². The van der Waals surface area contributed by atoms with Gasteiger partial charge in [0.05, 0.1) is 17.5 Å². The second kappa shape index (κ2) is 10.4. The molecule has 3 heterocycles. The number of hydrogen-bond donors (Lipinski definition) is 0. The fraction of sp³-hybridized carbons (Fsp3) is 0.452. The molecule has 8 nitrogen and oxygen atoms in total. The third kappa shape index (κ3) is 4.29. The zero-order valence-electron chi connectivity index (χ0n) is 23.4. The summed E-state index contributed by atoms with van der Waals surface area (Å²) in [5.74, 6) is -0.0183. The maximum atomic E-state index is 13.5. The number of piperidine rings is 1. The molecule has 10 heteroatoms. The second-order valence-electron chi connectivity index (χ2n) is 11.3. The molecule has 5 atom stereocenters. The standard InChI is InChI=1S/C31H33BrN2O6S/c1-5-13-34-14-12-30-27-20-6-8-24(38-18(2)35)28(27)39-29(30)23(10-11-31(30,25(34)15-20)40-19(3)36)33(4)26(37)9-7-22-16-21(32)17-41-22/h5-9,16-17,23,25,29H,1,10-15H2,2-4H3/b9-7+/t23?,25-,29?,30+,31-/m1/s1. The molecule has 1 aromatic heterocycles. The number of hydrogen-bond acceptors (Lipinski definition) is 8. The molecule has 6 rings (SSSR count). The molecular weight excluding hydrogens is 608 g/mol. The number of likely N-dealkylation sites (tertiary alicyclic amines) is 1. The Labute approximate surface area is 252 Å². The van der Waals surface area contributed by atoms with Crippen molar-refractivity contribution in [2.45, 2.75) is 68.7 Å². The van der Waals surface area contributed by atoms with E-state index in [9.17, 15) is 14.4 Å². The van der Waals surface area contributed by atoms with Crippen LogP contribution in [0.1, 0.15) is 49.1 Å². The first-order chi connectivity index (χ1) is 19.6. The van der Waals surface area contributed by atoms with E-state index in [-0.39, 0.29) is 24.0 Å². The van der Waals surface area contributed by atoms with Gasteiger partial charge in [0, 0.05) is 60.4 Å². The molecule has 4 aliphatic rings. The van der Waals surface area contributed by atoms with E-state index >= 15 is 0 Å². The van der Waals surface area contributed by atoms with Gasteiger partial charge in [0.2, 0.25) is 5.91 Å². The Hall–Kier alpha value is -2.95. The third-order valence-corrected chi connectivity index (χ3v) is 10.9. The molecule has 1 saturated carbocycles. The SMILES string of the molecule is C=CCN1CC[C@]23c4c5ccc(OC(C)=O)c4OC2C(N(C)C(=O)/C=C/c2cc(Br)cs2)CC[C@@]3(OC(C)=O)[C@H]1C5. The van der Waals surface area contributed by atoms with Crippen molar-refractivity contribution >= 4 is 51.2 Å². The van der Waals surface area contributed by atoms with Crippen LogP contribution in [0.5, 0.6) is 11.5 Å². The molecule has 0 radical (unpaired) electrons. The summed E-state index contributed by atoms with van der Waals surface area (Å²) in [5, 5.41) is 1.98. The van der Waals surface area contributed by atoms with Crippen molar-refractivity contribution in [3.05, 3.63) is 62.8 Å². The van der Waals surface area contributed by atoms with E-state index < -0.39 is 23.1 Å². The van der Waals surface area contributed by atoms with Crippen LogP contribution in [0.25, 0.3) is 6.08 Å². The summed E-state index contributed by atoms with van der Waals surface area (Å²) in [4.78, 5) is 43.5. The topological polar surface area (TPSA) is 85.4 Å². The number of thiophene rings is 1. The number of halogens is 1. The quantitative estimate of drug-likeness (QED) is 0.184. The molecule has 2 aliphatic carbocycles. The van der Waals surface area contributed by atoms with Crippen LogP contribution >= 0.6 is 27.3 Å². The van der Waals surface area contributed by atoms with E-state index in [0.717, 1.165) is 27.0 Å².